The highest BCUT2D eigenvalue weighted by molar-refractivity contribution is 5.98. The van der Waals surface area contributed by atoms with Crippen molar-refractivity contribution in [2.75, 3.05) is 13.7 Å². The van der Waals surface area contributed by atoms with Crippen LogP contribution in [0.4, 0.5) is 0 Å². The summed E-state index contributed by atoms with van der Waals surface area (Å²) in [6, 6.07) is 5.01. The Morgan fingerprint density at radius 3 is 2.40 bits per heavy atom. The van der Waals surface area contributed by atoms with Crippen molar-refractivity contribution in [3.63, 3.8) is 0 Å². The molecule has 43 heavy (non-hydrogen) atoms. The van der Waals surface area contributed by atoms with Gasteiger partial charge in [-0.05, 0) is 68.7 Å². The van der Waals surface area contributed by atoms with Crippen LogP contribution in [0.5, 0.6) is 5.75 Å². The molecule has 11 heteroatoms. The first-order valence-corrected chi connectivity index (χ1v) is 15.3. The van der Waals surface area contributed by atoms with Gasteiger partial charge >= 0.3 is 0 Å². The Labute approximate surface area is 252 Å². The molecule has 5 rings (SSSR count). The summed E-state index contributed by atoms with van der Waals surface area (Å²) in [6.07, 6.45) is 8.49. The minimum Gasteiger partial charge on any atom is -0.497 e. The molecule has 0 bridgehead atoms. The molecule has 2 aromatic rings. The lowest BCUT2D eigenvalue weighted by Gasteiger charge is -2.27. The Kier molecular flexibility index (Phi) is 9.19. The third kappa shape index (κ3) is 7.09. The van der Waals surface area contributed by atoms with Crippen molar-refractivity contribution < 1.29 is 28.7 Å². The van der Waals surface area contributed by atoms with Gasteiger partial charge in [-0.25, -0.2) is 0 Å². The first kappa shape index (κ1) is 30.7. The van der Waals surface area contributed by atoms with Crippen LogP contribution in [0.2, 0.25) is 0 Å². The SMILES string of the molecule is COc1ccc(C[C@H](NC(=O)[C@@H](C)n2ncc3c2CCC(C(N)=O)C3)C(=O)N[C@@H](CC2CCCC2)C(=O)[C@@]2(C)CO2)cc1. The summed E-state index contributed by atoms with van der Waals surface area (Å²) in [4.78, 5) is 52.6. The number of benzene rings is 1. The maximum atomic E-state index is 13.9. The fraction of sp³-hybridized carbons (Fsp3) is 0.594. The van der Waals surface area contributed by atoms with Gasteiger partial charge in [-0.2, -0.15) is 5.10 Å². The van der Waals surface area contributed by atoms with E-state index in [4.69, 9.17) is 15.2 Å². The predicted octanol–water partition coefficient (Wildman–Crippen LogP) is 2.19. The van der Waals surface area contributed by atoms with Crippen molar-refractivity contribution in [1.29, 1.82) is 0 Å². The monoisotopic (exact) mass is 593 g/mol. The quantitative estimate of drug-likeness (QED) is 0.300. The normalized spacial score (nSPS) is 23.5. The largest absolute Gasteiger partial charge is 0.497 e. The Bertz CT molecular complexity index is 1340. The smallest absolute Gasteiger partial charge is 0.245 e. The summed E-state index contributed by atoms with van der Waals surface area (Å²) in [5.41, 5.74) is 7.30. The van der Waals surface area contributed by atoms with Crippen molar-refractivity contribution in [2.24, 2.45) is 17.6 Å². The highest BCUT2D eigenvalue weighted by Crippen LogP contribution is 2.34. The van der Waals surface area contributed by atoms with Crippen LogP contribution in [0.15, 0.2) is 30.5 Å². The van der Waals surface area contributed by atoms with E-state index in [0.717, 1.165) is 42.5 Å². The summed E-state index contributed by atoms with van der Waals surface area (Å²) in [5, 5.41) is 10.4. The number of hydrogen-bond acceptors (Lipinski definition) is 7. The van der Waals surface area contributed by atoms with Crippen molar-refractivity contribution in [3.05, 3.63) is 47.3 Å². The summed E-state index contributed by atoms with van der Waals surface area (Å²) >= 11 is 0. The molecule has 11 nitrogen and oxygen atoms in total. The van der Waals surface area contributed by atoms with Crippen LogP contribution in [0, 0.1) is 11.8 Å². The highest BCUT2D eigenvalue weighted by Gasteiger charge is 2.50. The summed E-state index contributed by atoms with van der Waals surface area (Å²) < 4.78 is 12.4. The number of ether oxygens (including phenoxy) is 2. The summed E-state index contributed by atoms with van der Waals surface area (Å²) in [7, 11) is 1.58. The second-order valence-electron chi connectivity index (χ2n) is 12.5. The molecule has 232 valence electrons. The molecular formula is C32H43N5O6. The Hall–Kier alpha value is -3.73. The number of nitrogens with zero attached hydrogens (tertiary/aromatic N) is 2. The number of primary amides is 1. The number of carbonyl (C=O) groups is 4. The average molecular weight is 594 g/mol. The lowest BCUT2D eigenvalue weighted by Crippen LogP contribution is -2.55. The molecule has 3 aliphatic rings. The van der Waals surface area contributed by atoms with Gasteiger partial charge in [-0.3, -0.25) is 23.9 Å². The molecule has 4 N–H and O–H groups in total. The van der Waals surface area contributed by atoms with Gasteiger partial charge in [0, 0.05) is 18.0 Å². The van der Waals surface area contributed by atoms with E-state index in [1.165, 1.54) is 0 Å². The van der Waals surface area contributed by atoms with E-state index in [0.29, 0.717) is 44.0 Å². The van der Waals surface area contributed by atoms with Crippen LogP contribution in [0.1, 0.15) is 75.2 Å². The Balaban J connectivity index is 1.34. The van der Waals surface area contributed by atoms with Crippen molar-refractivity contribution >= 4 is 23.5 Å². The topological polar surface area (TPSA) is 158 Å². The predicted molar refractivity (Wildman–Crippen MR) is 158 cm³/mol. The average Bonchev–Trinajstić information content (AvgIpc) is 3.35. The maximum absolute atomic E-state index is 13.9. The second kappa shape index (κ2) is 12.9. The molecule has 0 spiro atoms. The van der Waals surface area contributed by atoms with Crippen LogP contribution >= 0.6 is 0 Å². The molecule has 1 saturated heterocycles. The number of nitrogens with two attached hydrogens (primary N) is 1. The number of carbonyl (C=O) groups excluding carboxylic acids is 4. The fourth-order valence-corrected chi connectivity index (χ4v) is 6.44. The number of fused-ring (bicyclic) bond motifs is 1. The second-order valence-corrected chi connectivity index (χ2v) is 12.5. The highest BCUT2D eigenvalue weighted by atomic mass is 16.6. The van der Waals surface area contributed by atoms with Crippen LogP contribution in [0.25, 0.3) is 0 Å². The maximum Gasteiger partial charge on any atom is 0.245 e. The first-order chi connectivity index (χ1) is 20.6. The molecule has 1 aliphatic heterocycles. The van der Waals surface area contributed by atoms with Gasteiger partial charge in [0.25, 0.3) is 0 Å². The zero-order valence-corrected chi connectivity index (χ0v) is 25.3. The number of amides is 3. The molecular weight excluding hydrogens is 550 g/mol. The lowest BCUT2D eigenvalue weighted by molar-refractivity contribution is -0.133. The van der Waals surface area contributed by atoms with Crippen molar-refractivity contribution in [3.8, 4) is 5.75 Å². The molecule has 2 heterocycles. The van der Waals surface area contributed by atoms with Crippen LogP contribution in [-0.4, -0.2) is 64.7 Å². The zero-order chi connectivity index (χ0) is 30.7. The number of epoxide rings is 1. The molecule has 5 atom stereocenters. The number of Topliss-reactive ketones (excluding diaryl/α,β-unsaturated/α-hetero) is 1. The molecule has 1 aromatic heterocycles. The van der Waals surface area contributed by atoms with Crippen LogP contribution in [-0.2, 0) is 43.2 Å². The minimum atomic E-state index is -0.930. The van der Waals surface area contributed by atoms with E-state index in [2.05, 4.69) is 15.7 Å². The molecule has 2 fully saturated rings. The van der Waals surface area contributed by atoms with E-state index in [-0.39, 0.29) is 29.9 Å². The van der Waals surface area contributed by atoms with Gasteiger partial charge in [0.1, 0.15) is 23.4 Å². The van der Waals surface area contributed by atoms with Gasteiger partial charge in [0.15, 0.2) is 5.78 Å². The van der Waals surface area contributed by atoms with Crippen molar-refractivity contribution in [2.45, 2.75) is 95.4 Å². The van der Waals surface area contributed by atoms with E-state index in [1.54, 1.807) is 31.8 Å². The van der Waals surface area contributed by atoms with Crippen LogP contribution in [0.3, 0.4) is 0 Å². The number of methoxy groups -OCH3 is 1. The summed E-state index contributed by atoms with van der Waals surface area (Å²) in [6.45, 7) is 3.85. The number of hydrogen-bond donors (Lipinski definition) is 3. The summed E-state index contributed by atoms with van der Waals surface area (Å²) in [5.74, 6) is -0.418. The molecule has 2 aliphatic carbocycles. The van der Waals surface area contributed by atoms with E-state index in [1.807, 2.05) is 24.3 Å². The van der Waals surface area contributed by atoms with Gasteiger partial charge in [-0.1, -0.05) is 37.8 Å². The molecule has 1 aromatic carbocycles. The van der Waals surface area contributed by atoms with Gasteiger partial charge in [0.2, 0.25) is 17.7 Å². The Morgan fingerprint density at radius 1 is 1.09 bits per heavy atom. The van der Waals surface area contributed by atoms with E-state index < -0.39 is 29.6 Å². The first-order valence-electron chi connectivity index (χ1n) is 15.3. The van der Waals surface area contributed by atoms with Gasteiger partial charge < -0.3 is 25.8 Å². The number of rotatable bonds is 13. The van der Waals surface area contributed by atoms with E-state index >= 15 is 0 Å². The molecule has 3 amide bonds. The zero-order valence-electron chi connectivity index (χ0n) is 25.3. The number of nitrogens with one attached hydrogen (secondary N) is 2. The number of ketones is 1. The number of aromatic nitrogens is 2. The molecule has 0 radical (unpaired) electrons. The lowest BCUT2D eigenvalue weighted by atomic mass is 9.87. The third-order valence-electron chi connectivity index (χ3n) is 9.34. The standard InChI is InChI=1S/C32H43N5O6/c1-19(37-27-13-10-22(29(33)39)16-23(27)17-34-37)30(40)36-26(15-21-8-11-24(42-3)12-9-21)31(41)35-25(14-20-6-4-5-7-20)28(38)32(2)18-43-32/h8-9,11-12,17,19-20,22,25-26H,4-7,10,13-16,18H2,1-3H3,(H2,33,39)(H,35,41)(H,36,40)/t19-,22?,25+,26+,32-/m1/s1. The van der Waals surface area contributed by atoms with Crippen LogP contribution < -0.4 is 21.1 Å². The minimum absolute atomic E-state index is 0.118. The fourth-order valence-electron chi connectivity index (χ4n) is 6.44. The van der Waals surface area contributed by atoms with Crippen molar-refractivity contribution in [1.82, 2.24) is 20.4 Å². The molecule has 1 saturated carbocycles. The Morgan fingerprint density at radius 2 is 1.77 bits per heavy atom. The molecule has 1 unspecified atom stereocenters. The van der Waals surface area contributed by atoms with Gasteiger partial charge in [0.05, 0.1) is 26.0 Å². The van der Waals surface area contributed by atoms with Gasteiger partial charge in [-0.15, -0.1) is 0 Å². The third-order valence-corrected chi connectivity index (χ3v) is 9.34. The van der Waals surface area contributed by atoms with E-state index in [9.17, 15) is 19.2 Å².